The summed E-state index contributed by atoms with van der Waals surface area (Å²) in [6.45, 7) is 2.59. The van der Waals surface area contributed by atoms with Gasteiger partial charge in [0.15, 0.2) is 16.0 Å². The number of nitrogens with zero attached hydrogens (tertiary/aromatic N) is 2. The standard InChI is InChI=1S/C22H23F3N6OS2/c1-3-26-20(33)30-29-19(17-11-9-15(10-12-17)14(2)32)18(16-7-5-4-6-8-16)28-31-21(34)27-13-22(23,24)25/h4-12H,3,13H2,1-2H3,(H2,26,30,33)(H2,27,31,34). The molecule has 0 atom stereocenters. The van der Waals surface area contributed by atoms with Gasteiger partial charge in [-0.2, -0.15) is 23.4 Å². The normalized spacial score (nSPS) is 12.0. The summed E-state index contributed by atoms with van der Waals surface area (Å²) < 4.78 is 37.5. The van der Waals surface area contributed by atoms with Crippen molar-refractivity contribution in [2.24, 2.45) is 10.2 Å². The summed E-state index contributed by atoms with van der Waals surface area (Å²) in [5.74, 6) is -0.101. The van der Waals surface area contributed by atoms with E-state index in [9.17, 15) is 18.0 Å². The van der Waals surface area contributed by atoms with Gasteiger partial charge in [-0.25, -0.2) is 0 Å². The zero-order chi connectivity index (χ0) is 25.1. The summed E-state index contributed by atoms with van der Waals surface area (Å²) >= 11 is 10.1. The van der Waals surface area contributed by atoms with E-state index in [1.807, 2.05) is 6.92 Å². The van der Waals surface area contributed by atoms with Gasteiger partial charge in [-0.1, -0.05) is 54.6 Å². The van der Waals surface area contributed by atoms with E-state index in [0.717, 1.165) is 0 Å². The van der Waals surface area contributed by atoms with Gasteiger partial charge in [0, 0.05) is 23.2 Å². The number of ketones is 1. The van der Waals surface area contributed by atoms with E-state index in [1.165, 1.54) is 6.92 Å². The first-order valence-corrected chi connectivity index (χ1v) is 10.9. The number of alkyl halides is 3. The highest BCUT2D eigenvalue weighted by molar-refractivity contribution is 7.80. The number of benzene rings is 2. The molecule has 0 saturated carbocycles. The number of Topliss-reactive ketones (excluding diaryl/α,β-unsaturated/α-hetero) is 1. The quantitative estimate of drug-likeness (QED) is 0.188. The molecule has 180 valence electrons. The SMILES string of the molecule is CCNC(=S)NN=C(C(=NNC(=S)NCC(F)(F)F)c1ccccc1)c1ccc(C(C)=O)cc1. The summed E-state index contributed by atoms with van der Waals surface area (Å²) in [5.41, 5.74) is 7.47. The van der Waals surface area contributed by atoms with Crippen molar-refractivity contribution in [3.05, 3.63) is 71.3 Å². The number of rotatable bonds is 8. The number of halogens is 3. The zero-order valence-corrected chi connectivity index (χ0v) is 20.0. The Bertz CT molecular complexity index is 1070. The van der Waals surface area contributed by atoms with Gasteiger partial charge >= 0.3 is 6.18 Å². The Morgan fingerprint density at radius 1 is 0.824 bits per heavy atom. The number of hydrazone groups is 2. The van der Waals surface area contributed by atoms with Gasteiger partial charge in [0.05, 0.1) is 0 Å². The van der Waals surface area contributed by atoms with Crippen LogP contribution in [0.25, 0.3) is 0 Å². The summed E-state index contributed by atoms with van der Waals surface area (Å²) in [4.78, 5) is 11.7. The number of thiocarbonyl (C=S) groups is 2. The maximum Gasteiger partial charge on any atom is 0.405 e. The number of hydrogen-bond donors (Lipinski definition) is 4. The molecule has 0 fully saturated rings. The molecule has 2 rings (SSSR count). The first kappa shape index (κ1) is 26.9. The van der Waals surface area contributed by atoms with Gasteiger partial charge in [0.1, 0.15) is 18.0 Å². The molecular weight excluding hydrogens is 485 g/mol. The molecule has 34 heavy (non-hydrogen) atoms. The van der Waals surface area contributed by atoms with Crippen LogP contribution < -0.4 is 21.5 Å². The van der Waals surface area contributed by atoms with Crippen molar-refractivity contribution in [1.82, 2.24) is 21.5 Å². The lowest BCUT2D eigenvalue weighted by Gasteiger charge is -2.14. The average Bonchev–Trinajstić information content (AvgIpc) is 2.80. The number of carbonyl (C=O) groups is 1. The molecule has 0 aliphatic carbocycles. The molecule has 0 aromatic heterocycles. The van der Waals surface area contributed by atoms with Gasteiger partial charge < -0.3 is 10.6 Å². The minimum Gasteiger partial charge on any atom is -0.362 e. The van der Waals surface area contributed by atoms with E-state index in [1.54, 1.807) is 54.6 Å². The Balaban J connectivity index is 2.49. The van der Waals surface area contributed by atoms with Gasteiger partial charge in [-0.05, 0) is 38.3 Å². The van der Waals surface area contributed by atoms with Crippen molar-refractivity contribution >= 4 is 51.9 Å². The van der Waals surface area contributed by atoms with Crippen LogP contribution in [-0.2, 0) is 0 Å². The average molecular weight is 509 g/mol. The largest absolute Gasteiger partial charge is 0.405 e. The molecule has 2 aromatic rings. The van der Waals surface area contributed by atoms with Gasteiger partial charge in [-0.15, -0.1) is 0 Å². The maximum atomic E-state index is 12.5. The van der Waals surface area contributed by atoms with Gasteiger partial charge in [0.2, 0.25) is 0 Å². The third-order valence-corrected chi connectivity index (χ3v) is 4.63. The molecule has 7 nitrogen and oxygen atoms in total. The third kappa shape index (κ3) is 8.87. The first-order valence-electron chi connectivity index (χ1n) is 10.1. The molecule has 0 bridgehead atoms. The van der Waals surface area contributed by atoms with Crippen molar-refractivity contribution in [3.8, 4) is 0 Å². The van der Waals surface area contributed by atoms with Crippen LogP contribution in [0.5, 0.6) is 0 Å². The van der Waals surface area contributed by atoms with Crippen molar-refractivity contribution in [2.75, 3.05) is 13.1 Å². The maximum absolute atomic E-state index is 12.5. The molecule has 0 unspecified atom stereocenters. The molecule has 4 N–H and O–H groups in total. The van der Waals surface area contributed by atoms with Crippen LogP contribution >= 0.6 is 24.4 Å². The Morgan fingerprint density at radius 3 is 1.76 bits per heavy atom. The Hall–Kier alpha value is -3.38. The second-order valence-corrected chi connectivity index (χ2v) is 7.62. The fourth-order valence-corrected chi connectivity index (χ4v) is 2.91. The Kier molecular flexibility index (Phi) is 10.1. The molecule has 0 heterocycles. The van der Waals surface area contributed by atoms with E-state index >= 15 is 0 Å². The van der Waals surface area contributed by atoms with E-state index < -0.39 is 12.7 Å². The fourth-order valence-electron chi connectivity index (χ4n) is 2.60. The molecule has 0 amide bonds. The van der Waals surface area contributed by atoms with Crippen LogP contribution in [0.15, 0.2) is 64.8 Å². The lowest BCUT2D eigenvalue weighted by atomic mass is 9.98. The topological polar surface area (TPSA) is 89.9 Å². The molecule has 0 saturated heterocycles. The second kappa shape index (κ2) is 12.8. The van der Waals surface area contributed by atoms with Gasteiger partial charge in [0.25, 0.3) is 0 Å². The highest BCUT2D eigenvalue weighted by Gasteiger charge is 2.27. The number of nitrogens with one attached hydrogen (secondary N) is 4. The fraction of sp³-hybridized carbons (Fsp3) is 0.227. The second-order valence-electron chi connectivity index (χ2n) is 6.80. The number of carbonyl (C=O) groups excluding carboxylic acids is 1. The van der Waals surface area contributed by atoms with Crippen LogP contribution in [0, 0.1) is 0 Å². The zero-order valence-electron chi connectivity index (χ0n) is 18.4. The third-order valence-electron chi connectivity index (χ3n) is 4.16. The van der Waals surface area contributed by atoms with Crippen molar-refractivity contribution in [1.29, 1.82) is 0 Å². The monoisotopic (exact) mass is 508 g/mol. The summed E-state index contributed by atoms with van der Waals surface area (Å²) in [6.07, 6.45) is -4.44. The molecule has 0 radical (unpaired) electrons. The minimum absolute atomic E-state index is 0.101. The van der Waals surface area contributed by atoms with E-state index in [4.69, 9.17) is 24.4 Å². The first-order chi connectivity index (χ1) is 16.1. The van der Waals surface area contributed by atoms with Crippen LogP contribution in [0.2, 0.25) is 0 Å². The Morgan fingerprint density at radius 2 is 1.29 bits per heavy atom. The molecule has 0 aliphatic rings. The van der Waals surface area contributed by atoms with E-state index in [-0.39, 0.29) is 21.7 Å². The highest BCUT2D eigenvalue weighted by Crippen LogP contribution is 2.13. The van der Waals surface area contributed by atoms with Crippen LogP contribution in [0.3, 0.4) is 0 Å². The van der Waals surface area contributed by atoms with Crippen molar-refractivity contribution < 1.29 is 18.0 Å². The molecule has 2 aromatic carbocycles. The molecular formula is C22H23F3N6OS2. The van der Waals surface area contributed by atoms with Crippen LogP contribution in [0.4, 0.5) is 13.2 Å². The molecule has 12 heteroatoms. The predicted molar refractivity (Wildman–Crippen MR) is 135 cm³/mol. The Labute approximate surface area is 205 Å². The van der Waals surface area contributed by atoms with Gasteiger partial charge in [-0.3, -0.25) is 15.6 Å². The smallest absolute Gasteiger partial charge is 0.362 e. The lowest BCUT2D eigenvalue weighted by Crippen LogP contribution is -2.39. The highest BCUT2D eigenvalue weighted by atomic mass is 32.1. The molecule has 0 aliphatic heterocycles. The van der Waals surface area contributed by atoms with Crippen molar-refractivity contribution in [3.63, 3.8) is 0 Å². The van der Waals surface area contributed by atoms with Crippen molar-refractivity contribution in [2.45, 2.75) is 20.0 Å². The minimum atomic E-state index is -4.44. The van der Waals surface area contributed by atoms with E-state index in [0.29, 0.717) is 28.9 Å². The summed E-state index contributed by atoms with van der Waals surface area (Å²) in [6, 6.07) is 15.5. The summed E-state index contributed by atoms with van der Waals surface area (Å²) in [7, 11) is 0. The van der Waals surface area contributed by atoms with Crippen LogP contribution in [-0.4, -0.2) is 46.7 Å². The molecule has 0 spiro atoms. The van der Waals surface area contributed by atoms with Crippen LogP contribution in [0.1, 0.15) is 35.3 Å². The summed E-state index contributed by atoms with van der Waals surface area (Å²) in [5, 5.41) is 13.6. The predicted octanol–water partition coefficient (Wildman–Crippen LogP) is 3.51. The van der Waals surface area contributed by atoms with E-state index in [2.05, 4.69) is 31.7 Å². The number of hydrogen-bond acceptors (Lipinski definition) is 5. The lowest BCUT2D eigenvalue weighted by molar-refractivity contribution is -0.122.